The zero-order chi connectivity index (χ0) is 27.3. The van der Waals surface area contributed by atoms with Gasteiger partial charge < -0.3 is 14.5 Å². The second-order valence-electron chi connectivity index (χ2n) is 10.5. The number of piperidine rings is 1. The van der Waals surface area contributed by atoms with Gasteiger partial charge in [0.05, 0.1) is 25.9 Å². The molecule has 1 aliphatic rings. The topological polar surface area (TPSA) is 68.2 Å². The summed E-state index contributed by atoms with van der Waals surface area (Å²) in [5.41, 5.74) is 4.68. The minimum atomic E-state index is 0.0734. The van der Waals surface area contributed by atoms with Crippen molar-refractivity contribution in [1.82, 2.24) is 24.6 Å². The van der Waals surface area contributed by atoms with Gasteiger partial charge in [-0.1, -0.05) is 55.0 Å². The van der Waals surface area contributed by atoms with Gasteiger partial charge in [0.25, 0.3) is 0 Å². The Morgan fingerprint density at radius 2 is 1.65 bits per heavy atom. The first-order chi connectivity index (χ1) is 19.7. The van der Waals surface area contributed by atoms with Crippen LogP contribution in [0.3, 0.4) is 0 Å². The smallest absolute Gasteiger partial charge is 0.155 e. The van der Waals surface area contributed by atoms with Crippen LogP contribution in [0.2, 0.25) is 0 Å². The summed E-state index contributed by atoms with van der Waals surface area (Å²) in [6.07, 6.45) is 8.33. The maximum absolute atomic E-state index is 5.90. The molecule has 1 aliphatic heterocycles. The number of rotatable bonds is 10. The number of fused-ring (bicyclic) bond motifs is 1. The van der Waals surface area contributed by atoms with E-state index in [-0.39, 0.29) is 6.04 Å². The van der Waals surface area contributed by atoms with Crippen molar-refractivity contribution in [2.45, 2.75) is 44.6 Å². The van der Waals surface area contributed by atoms with E-state index < -0.39 is 0 Å². The van der Waals surface area contributed by atoms with Crippen LogP contribution in [0.15, 0.2) is 79.0 Å². The highest BCUT2D eigenvalue weighted by molar-refractivity contribution is 5.83. The van der Waals surface area contributed by atoms with Gasteiger partial charge >= 0.3 is 0 Å². The van der Waals surface area contributed by atoms with Crippen molar-refractivity contribution in [2.24, 2.45) is 0 Å². The van der Waals surface area contributed by atoms with Crippen LogP contribution in [-0.4, -0.2) is 52.0 Å². The number of H-pyrrole nitrogens is 1. The highest BCUT2D eigenvalue weighted by Gasteiger charge is 2.30. The molecule has 7 nitrogen and oxygen atoms in total. The summed E-state index contributed by atoms with van der Waals surface area (Å²) < 4.78 is 13.7. The lowest BCUT2D eigenvalue weighted by Crippen LogP contribution is -2.36. The summed E-state index contributed by atoms with van der Waals surface area (Å²) >= 11 is 0. The first-order valence-corrected chi connectivity index (χ1v) is 14.2. The maximum atomic E-state index is 5.90. The van der Waals surface area contributed by atoms with Crippen LogP contribution in [-0.2, 0) is 19.3 Å². The van der Waals surface area contributed by atoms with E-state index in [2.05, 4.69) is 81.3 Å². The monoisotopic (exact) mass is 535 g/mol. The van der Waals surface area contributed by atoms with Crippen molar-refractivity contribution in [3.05, 3.63) is 102 Å². The Labute approximate surface area is 235 Å². The van der Waals surface area contributed by atoms with E-state index >= 15 is 0 Å². The van der Waals surface area contributed by atoms with Crippen LogP contribution in [0, 0.1) is 0 Å². The fraction of sp³-hybridized carbons (Fsp3) is 0.333. The number of methoxy groups -OCH3 is 2. The van der Waals surface area contributed by atoms with Gasteiger partial charge in [-0.15, -0.1) is 10.2 Å². The van der Waals surface area contributed by atoms with Crippen LogP contribution < -0.4 is 9.47 Å². The van der Waals surface area contributed by atoms with Gasteiger partial charge in [-0.05, 0) is 68.1 Å². The number of aryl methyl sites for hydroxylation is 2. The van der Waals surface area contributed by atoms with E-state index in [1.165, 1.54) is 35.8 Å². The van der Waals surface area contributed by atoms with Crippen molar-refractivity contribution in [1.29, 1.82) is 0 Å². The summed E-state index contributed by atoms with van der Waals surface area (Å²) in [6, 6.07) is 25.2. The standard InChI is InChI=1S/C33H37N5O2/c1-39-26-16-17-29(31(22-26)40-2)38-32(18-15-24-11-5-3-6-12-24)35-36-33(38)30(37-19-9-4-10-20-37)21-25-23-34-28-14-8-7-13-27(25)28/h3,5-8,11-14,16-17,22-23,30,34H,4,9-10,15,18-21H2,1-2H3/t30-/m1/s1. The molecule has 0 bridgehead atoms. The summed E-state index contributed by atoms with van der Waals surface area (Å²) in [4.78, 5) is 6.07. The number of aromatic amines is 1. The van der Waals surface area contributed by atoms with Crippen LogP contribution in [0.25, 0.3) is 16.6 Å². The van der Waals surface area contributed by atoms with Gasteiger partial charge in [0.1, 0.15) is 17.3 Å². The van der Waals surface area contributed by atoms with Gasteiger partial charge in [-0.2, -0.15) is 0 Å². The van der Waals surface area contributed by atoms with Crippen molar-refractivity contribution in [2.75, 3.05) is 27.3 Å². The maximum Gasteiger partial charge on any atom is 0.155 e. The highest BCUT2D eigenvalue weighted by atomic mass is 16.5. The Kier molecular flexibility index (Phi) is 7.82. The molecular formula is C33H37N5O2. The molecule has 3 heterocycles. The van der Waals surface area contributed by atoms with E-state index in [1.54, 1.807) is 14.2 Å². The van der Waals surface area contributed by atoms with E-state index in [0.717, 1.165) is 66.7 Å². The number of para-hydroxylation sites is 1. The second-order valence-corrected chi connectivity index (χ2v) is 10.5. The van der Waals surface area contributed by atoms with Crippen LogP contribution >= 0.6 is 0 Å². The van der Waals surface area contributed by atoms with E-state index in [0.29, 0.717) is 0 Å². The molecule has 206 valence electrons. The van der Waals surface area contributed by atoms with Gasteiger partial charge in [0.15, 0.2) is 5.82 Å². The third kappa shape index (κ3) is 5.34. The summed E-state index contributed by atoms with van der Waals surface area (Å²) in [5.74, 6) is 3.39. The SMILES string of the molecule is COc1ccc(-n2c(CCc3ccccc3)nnc2[C@@H](Cc2c[nH]c3ccccc23)N2CCCCC2)c(OC)c1. The molecule has 2 aromatic heterocycles. The number of aromatic nitrogens is 4. The number of likely N-dealkylation sites (tertiary alicyclic amines) is 1. The zero-order valence-corrected chi connectivity index (χ0v) is 23.3. The average molecular weight is 536 g/mol. The lowest BCUT2D eigenvalue weighted by atomic mass is 10.00. The molecular weight excluding hydrogens is 498 g/mol. The minimum absolute atomic E-state index is 0.0734. The molecule has 0 unspecified atom stereocenters. The lowest BCUT2D eigenvalue weighted by molar-refractivity contribution is 0.154. The third-order valence-electron chi connectivity index (χ3n) is 8.08. The lowest BCUT2D eigenvalue weighted by Gasteiger charge is -2.34. The van der Waals surface area contributed by atoms with Gasteiger partial charge in [-0.3, -0.25) is 9.47 Å². The molecule has 3 aromatic carbocycles. The molecule has 1 N–H and O–H groups in total. The average Bonchev–Trinajstić information content (AvgIpc) is 3.63. The van der Waals surface area contributed by atoms with Crippen molar-refractivity contribution >= 4 is 10.9 Å². The largest absolute Gasteiger partial charge is 0.497 e. The zero-order valence-electron chi connectivity index (χ0n) is 23.3. The number of hydrogen-bond donors (Lipinski definition) is 1. The highest BCUT2D eigenvalue weighted by Crippen LogP contribution is 2.35. The molecule has 1 atom stereocenters. The Balaban J connectivity index is 1.46. The van der Waals surface area contributed by atoms with Crippen LogP contribution in [0.4, 0.5) is 0 Å². The number of nitrogens with one attached hydrogen (secondary N) is 1. The molecule has 40 heavy (non-hydrogen) atoms. The number of hydrogen-bond acceptors (Lipinski definition) is 5. The summed E-state index contributed by atoms with van der Waals surface area (Å²) in [5, 5.41) is 11.0. The molecule has 0 radical (unpaired) electrons. The first kappa shape index (κ1) is 26.1. The van der Waals surface area contributed by atoms with Crippen molar-refractivity contribution in [3.8, 4) is 17.2 Å². The van der Waals surface area contributed by atoms with Crippen molar-refractivity contribution in [3.63, 3.8) is 0 Å². The number of benzene rings is 3. The van der Waals surface area contributed by atoms with E-state index in [1.807, 2.05) is 12.1 Å². The molecule has 0 aliphatic carbocycles. The molecule has 6 rings (SSSR count). The van der Waals surface area contributed by atoms with Crippen molar-refractivity contribution < 1.29 is 9.47 Å². The summed E-state index contributed by atoms with van der Waals surface area (Å²) in [7, 11) is 3.39. The molecule has 0 amide bonds. The third-order valence-corrected chi connectivity index (χ3v) is 8.08. The minimum Gasteiger partial charge on any atom is -0.497 e. The molecule has 1 fully saturated rings. The van der Waals surface area contributed by atoms with E-state index in [4.69, 9.17) is 19.7 Å². The molecule has 1 saturated heterocycles. The molecule has 5 aromatic rings. The predicted octanol–water partition coefficient (Wildman–Crippen LogP) is 6.32. The van der Waals surface area contributed by atoms with E-state index in [9.17, 15) is 0 Å². The fourth-order valence-corrected chi connectivity index (χ4v) is 5.96. The van der Waals surface area contributed by atoms with Gasteiger partial charge in [0.2, 0.25) is 0 Å². The molecule has 0 spiro atoms. The Hall–Kier alpha value is -4.10. The Morgan fingerprint density at radius 3 is 2.45 bits per heavy atom. The number of nitrogens with zero attached hydrogens (tertiary/aromatic N) is 4. The predicted molar refractivity (Wildman–Crippen MR) is 158 cm³/mol. The second kappa shape index (κ2) is 12.0. The molecule has 7 heteroatoms. The van der Waals surface area contributed by atoms with Crippen LogP contribution in [0.1, 0.15) is 48.1 Å². The first-order valence-electron chi connectivity index (χ1n) is 14.2. The molecule has 0 saturated carbocycles. The Bertz CT molecular complexity index is 1550. The van der Waals surface area contributed by atoms with Gasteiger partial charge in [-0.25, -0.2) is 0 Å². The number of ether oxygens (including phenoxy) is 2. The fourth-order valence-electron chi connectivity index (χ4n) is 5.96. The summed E-state index contributed by atoms with van der Waals surface area (Å²) in [6.45, 7) is 2.11. The quantitative estimate of drug-likeness (QED) is 0.227. The van der Waals surface area contributed by atoms with Crippen LogP contribution in [0.5, 0.6) is 11.5 Å². The Morgan fingerprint density at radius 1 is 0.850 bits per heavy atom. The normalized spacial score (nSPS) is 14.8. The van der Waals surface area contributed by atoms with Gasteiger partial charge in [0, 0.05) is 29.6 Å².